The molecule has 0 bridgehead atoms. The molecular weight excluding hydrogens is 286 g/mol. The Hall–Kier alpha value is -2.57. The van der Waals surface area contributed by atoms with Crippen molar-refractivity contribution in [3.63, 3.8) is 0 Å². The Labute approximate surface area is 127 Å². The van der Waals surface area contributed by atoms with Crippen LogP contribution in [0.3, 0.4) is 0 Å². The Morgan fingerprint density at radius 2 is 2.14 bits per heavy atom. The smallest absolute Gasteiger partial charge is 0.263 e. The molecule has 0 saturated carbocycles. The third kappa shape index (κ3) is 2.61. The summed E-state index contributed by atoms with van der Waals surface area (Å²) in [5.41, 5.74) is 0.238. The zero-order valence-electron chi connectivity index (χ0n) is 13.0. The number of methoxy groups -OCH3 is 1. The average Bonchev–Trinajstić information content (AvgIpc) is 2.51. The monoisotopic (exact) mass is 305 g/mol. The Balaban J connectivity index is 2.79. The molecule has 1 aromatic carbocycles. The number of nitrogens with one attached hydrogen (secondary N) is 1. The fraction of sp³-hybridized carbons (Fsp3) is 0.400. The van der Waals surface area contributed by atoms with Gasteiger partial charge in [0.1, 0.15) is 12.1 Å². The molecule has 2 rings (SSSR count). The van der Waals surface area contributed by atoms with Crippen molar-refractivity contribution in [2.45, 2.75) is 19.9 Å². The summed E-state index contributed by atoms with van der Waals surface area (Å²) in [6.07, 6.45) is 0.646. The third-order valence-corrected chi connectivity index (χ3v) is 3.24. The topological polar surface area (TPSA) is 82.5 Å². The molecule has 7 heteroatoms. The molecule has 0 unspecified atom stereocenters. The number of benzene rings is 1. The van der Waals surface area contributed by atoms with E-state index in [1.165, 1.54) is 7.11 Å². The Morgan fingerprint density at radius 1 is 1.41 bits per heavy atom. The maximum Gasteiger partial charge on any atom is 0.263 e. The molecule has 0 amide bonds. The number of aldehydes is 1. The van der Waals surface area contributed by atoms with Crippen molar-refractivity contribution >= 4 is 23.1 Å². The number of fused-ring (bicyclic) bond motifs is 1. The standard InChI is InChI=1S/C15H19N3O4/c1-9(2)18-14(20)10-5-6-11(22-8-7-19)13(21-4)12(10)17-15(18)16-3/h5-7,9H,8H2,1-4H3,(H,16,17). The first-order valence-corrected chi connectivity index (χ1v) is 6.92. The maximum absolute atomic E-state index is 12.7. The van der Waals surface area contributed by atoms with Crippen molar-refractivity contribution in [1.29, 1.82) is 0 Å². The van der Waals surface area contributed by atoms with Gasteiger partial charge in [0.2, 0.25) is 5.95 Å². The zero-order valence-corrected chi connectivity index (χ0v) is 13.0. The summed E-state index contributed by atoms with van der Waals surface area (Å²) in [6, 6.07) is 3.20. The van der Waals surface area contributed by atoms with Gasteiger partial charge in [0.15, 0.2) is 17.8 Å². The number of hydrogen-bond donors (Lipinski definition) is 1. The summed E-state index contributed by atoms with van der Waals surface area (Å²) in [4.78, 5) is 27.6. The molecule has 118 valence electrons. The van der Waals surface area contributed by atoms with Gasteiger partial charge in [-0.15, -0.1) is 0 Å². The van der Waals surface area contributed by atoms with Crippen molar-refractivity contribution in [3.8, 4) is 11.5 Å². The number of carbonyl (C=O) groups is 1. The molecule has 7 nitrogen and oxygen atoms in total. The van der Waals surface area contributed by atoms with Crippen molar-refractivity contribution in [3.05, 3.63) is 22.5 Å². The second-order valence-corrected chi connectivity index (χ2v) is 4.93. The lowest BCUT2D eigenvalue weighted by Crippen LogP contribution is -2.26. The minimum Gasteiger partial charge on any atom is -0.491 e. The first-order valence-electron chi connectivity index (χ1n) is 6.92. The van der Waals surface area contributed by atoms with E-state index in [9.17, 15) is 9.59 Å². The molecular formula is C15H19N3O4. The number of anilines is 1. The molecule has 0 aliphatic heterocycles. The summed E-state index contributed by atoms with van der Waals surface area (Å²) in [5, 5.41) is 3.36. The van der Waals surface area contributed by atoms with E-state index in [0.29, 0.717) is 34.6 Å². The van der Waals surface area contributed by atoms with Crippen LogP contribution in [0.15, 0.2) is 16.9 Å². The number of ether oxygens (including phenoxy) is 2. The van der Waals surface area contributed by atoms with E-state index >= 15 is 0 Å². The molecule has 22 heavy (non-hydrogen) atoms. The van der Waals surface area contributed by atoms with E-state index < -0.39 is 0 Å². The van der Waals surface area contributed by atoms with E-state index in [2.05, 4.69) is 10.3 Å². The van der Waals surface area contributed by atoms with Gasteiger partial charge in [0, 0.05) is 13.1 Å². The van der Waals surface area contributed by atoms with Gasteiger partial charge in [0.05, 0.1) is 12.5 Å². The summed E-state index contributed by atoms with van der Waals surface area (Å²) in [7, 11) is 3.17. The van der Waals surface area contributed by atoms with Crippen LogP contribution in [-0.4, -0.2) is 36.6 Å². The van der Waals surface area contributed by atoms with E-state index in [1.54, 1.807) is 23.7 Å². The fourth-order valence-electron chi connectivity index (χ4n) is 2.31. The van der Waals surface area contributed by atoms with Crippen LogP contribution in [0.1, 0.15) is 19.9 Å². The molecule has 0 aliphatic carbocycles. The fourth-order valence-corrected chi connectivity index (χ4v) is 2.31. The van der Waals surface area contributed by atoms with Crippen LogP contribution in [0.2, 0.25) is 0 Å². The highest BCUT2D eigenvalue weighted by molar-refractivity contribution is 5.87. The lowest BCUT2D eigenvalue weighted by Gasteiger charge is -2.17. The minimum atomic E-state index is -0.162. The number of hydrogen-bond acceptors (Lipinski definition) is 6. The Kier molecular flexibility index (Phi) is 4.65. The summed E-state index contributed by atoms with van der Waals surface area (Å²) in [6.45, 7) is 3.73. The Morgan fingerprint density at radius 3 is 2.68 bits per heavy atom. The lowest BCUT2D eigenvalue weighted by molar-refractivity contribution is -0.109. The molecule has 1 heterocycles. The van der Waals surface area contributed by atoms with Gasteiger partial charge in [0.25, 0.3) is 5.56 Å². The minimum absolute atomic E-state index is 0.0381. The molecule has 0 fully saturated rings. The molecule has 0 radical (unpaired) electrons. The quantitative estimate of drug-likeness (QED) is 0.816. The van der Waals surface area contributed by atoms with Crippen molar-refractivity contribution in [2.75, 3.05) is 26.1 Å². The molecule has 2 aromatic rings. The normalized spacial score (nSPS) is 10.8. The van der Waals surface area contributed by atoms with Gasteiger partial charge < -0.3 is 14.8 Å². The number of aromatic nitrogens is 2. The second kappa shape index (κ2) is 6.46. The molecule has 0 atom stereocenters. The highest BCUT2D eigenvalue weighted by Crippen LogP contribution is 2.34. The van der Waals surface area contributed by atoms with Gasteiger partial charge in [-0.05, 0) is 26.0 Å². The first-order chi connectivity index (χ1) is 10.5. The van der Waals surface area contributed by atoms with Crippen LogP contribution in [-0.2, 0) is 4.79 Å². The van der Waals surface area contributed by atoms with E-state index in [1.807, 2.05) is 13.8 Å². The highest BCUT2D eigenvalue weighted by atomic mass is 16.5. The van der Waals surface area contributed by atoms with Gasteiger partial charge in [-0.3, -0.25) is 14.2 Å². The van der Waals surface area contributed by atoms with Crippen LogP contribution >= 0.6 is 0 Å². The maximum atomic E-state index is 12.7. The largest absolute Gasteiger partial charge is 0.491 e. The predicted octanol–water partition coefficient (Wildman–Crippen LogP) is 1.61. The van der Waals surface area contributed by atoms with Gasteiger partial charge in [-0.25, -0.2) is 4.98 Å². The van der Waals surface area contributed by atoms with Crippen LogP contribution in [0.5, 0.6) is 11.5 Å². The first kappa shape index (κ1) is 15.8. The molecule has 0 saturated heterocycles. The average molecular weight is 305 g/mol. The van der Waals surface area contributed by atoms with Crippen molar-refractivity contribution < 1.29 is 14.3 Å². The van der Waals surface area contributed by atoms with Crippen LogP contribution < -0.4 is 20.3 Å². The summed E-state index contributed by atoms with van der Waals surface area (Å²) < 4.78 is 12.2. The van der Waals surface area contributed by atoms with Crippen LogP contribution in [0.25, 0.3) is 10.9 Å². The molecule has 0 aliphatic rings. The third-order valence-electron chi connectivity index (χ3n) is 3.24. The number of rotatable bonds is 6. The predicted molar refractivity (Wildman–Crippen MR) is 84.0 cm³/mol. The van der Waals surface area contributed by atoms with Gasteiger partial charge >= 0.3 is 0 Å². The number of nitrogens with zero attached hydrogens (tertiary/aromatic N) is 2. The molecule has 1 aromatic heterocycles. The lowest BCUT2D eigenvalue weighted by atomic mass is 10.2. The molecule has 0 spiro atoms. The molecule has 1 N–H and O–H groups in total. The van der Waals surface area contributed by atoms with Gasteiger partial charge in [-0.1, -0.05) is 0 Å². The highest BCUT2D eigenvalue weighted by Gasteiger charge is 2.18. The summed E-state index contributed by atoms with van der Waals surface area (Å²) in [5.74, 6) is 1.15. The number of carbonyl (C=O) groups excluding carboxylic acids is 1. The zero-order chi connectivity index (χ0) is 16.3. The van der Waals surface area contributed by atoms with Crippen LogP contribution in [0.4, 0.5) is 5.95 Å². The Bertz CT molecular complexity index is 753. The van der Waals surface area contributed by atoms with E-state index in [-0.39, 0.29) is 18.2 Å². The van der Waals surface area contributed by atoms with Crippen molar-refractivity contribution in [1.82, 2.24) is 9.55 Å². The second-order valence-electron chi connectivity index (χ2n) is 4.93. The van der Waals surface area contributed by atoms with Crippen LogP contribution in [0, 0.1) is 0 Å². The van der Waals surface area contributed by atoms with Crippen molar-refractivity contribution in [2.24, 2.45) is 0 Å². The van der Waals surface area contributed by atoms with Gasteiger partial charge in [-0.2, -0.15) is 0 Å². The summed E-state index contributed by atoms with van der Waals surface area (Å²) >= 11 is 0. The van der Waals surface area contributed by atoms with E-state index in [0.717, 1.165) is 0 Å². The van der Waals surface area contributed by atoms with E-state index in [4.69, 9.17) is 9.47 Å². The SMILES string of the molecule is CNc1nc2c(OC)c(OCC=O)ccc2c(=O)n1C(C)C.